The van der Waals surface area contributed by atoms with E-state index in [2.05, 4.69) is 9.97 Å². The second kappa shape index (κ2) is 4.87. The summed E-state index contributed by atoms with van der Waals surface area (Å²) < 4.78 is 7.70. The van der Waals surface area contributed by atoms with Crippen molar-refractivity contribution in [1.29, 1.82) is 0 Å². The molecule has 0 radical (unpaired) electrons. The standard InChI is InChI=1S/C14H13N3O/c1-2-12-10-13(3-4-14(12)16-5-1)18-9-8-17-7-6-15-11-17/h1-7,10-11H,8-9H2. The minimum absolute atomic E-state index is 0.627. The molecule has 0 saturated heterocycles. The van der Waals surface area contributed by atoms with E-state index >= 15 is 0 Å². The summed E-state index contributed by atoms with van der Waals surface area (Å²) >= 11 is 0. The number of aromatic nitrogens is 3. The van der Waals surface area contributed by atoms with E-state index in [0.29, 0.717) is 6.61 Å². The smallest absolute Gasteiger partial charge is 0.120 e. The maximum absolute atomic E-state index is 5.71. The Hall–Kier alpha value is -2.36. The lowest BCUT2D eigenvalue weighted by molar-refractivity contribution is 0.298. The second-order valence-corrected chi connectivity index (χ2v) is 4.01. The highest BCUT2D eigenvalue weighted by Crippen LogP contribution is 2.18. The Morgan fingerprint density at radius 2 is 2.17 bits per heavy atom. The average molecular weight is 239 g/mol. The minimum Gasteiger partial charge on any atom is -0.492 e. The molecule has 3 rings (SSSR count). The molecule has 0 aliphatic heterocycles. The van der Waals surface area contributed by atoms with Crippen LogP contribution in [0.5, 0.6) is 5.75 Å². The van der Waals surface area contributed by atoms with Crippen LogP contribution in [0, 0.1) is 0 Å². The predicted octanol–water partition coefficient (Wildman–Crippen LogP) is 2.51. The van der Waals surface area contributed by atoms with E-state index in [4.69, 9.17) is 4.74 Å². The van der Waals surface area contributed by atoms with Gasteiger partial charge in [-0.15, -0.1) is 0 Å². The van der Waals surface area contributed by atoms with Crippen LogP contribution in [0.3, 0.4) is 0 Å². The molecule has 0 saturated carbocycles. The average Bonchev–Trinajstić information content (AvgIpc) is 2.92. The Bertz CT molecular complexity index is 634. The summed E-state index contributed by atoms with van der Waals surface area (Å²) in [5.74, 6) is 0.871. The molecule has 4 nitrogen and oxygen atoms in total. The van der Waals surface area contributed by atoms with Crippen molar-refractivity contribution >= 4 is 10.9 Å². The third-order valence-electron chi connectivity index (χ3n) is 2.75. The van der Waals surface area contributed by atoms with Crippen LogP contribution in [0.4, 0.5) is 0 Å². The highest BCUT2D eigenvalue weighted by atomic mass is 16.5. The zero-order valence-electron chi connectivity index (χ0n) is 9.86. The van der Waals surface area contributed by atoms with E-state index in [1.807, 2.05) is 41.1 Å². The van der Waals surface area contributed by atoms with E-state index in [1.165, 1.54) is 0 Å². The summed E-state index contributed by atoms with van der Waals surface area (Å²) in [7, 11) is 0. The first-order valence-corrected chi connectivity index (χ1v) is 5.85. The zero-order valence-corrected chi connectivity index (χ0v) is 9.86. The molecule has 0 bridgehead atoms. The Balaban J connectivity index is 1.67. The van der Waals surface area contributed by atoms with E-state index in [0.717, 1.165) is 23.2 Å². The van der Waals surface area contributed by atoms with Gasteiger partial charge in [-0.2, -0.15) is 0 Å². The first-order chi connectivity index (χ1) is 8.92. The highest BCUT2D eigenvalue weighted by Gasteiger charge is 1.98. The van der Waals surface area contributed by atoms with Crippen LogP contribution in [0.2, 0.25) is 0 Å². The molecule has 0 fully saturated rings. The lowest BCUT2D eigenvalue weighted by atomic mass is 10.2. The van der Waals surface area contributed by atoms with Gasteiger partial charge in [-0.05, 0) is 24.3 Å². The van der Waals surface area contributed by atoms with Gasteiger partial charge in [0, 0.05) is 24.0 Å². The van der Waals surface area contributed by atoms with Crippen LogP contribution in [-0.2, 0) is 6.54 Å². The summed E-state index contributed by atoms with van der Waals surface area (Å²) in [6.45, 7) is 1.42. The molecule has 0 N–H and O–H groups in total. The fourth-order valence-corrected chi connectivity index (χ4v) is 1.83. The monoisotopic (exact) mass is 239 g/mol. The molecule has 1 aromatic carbocycles. The lowest BCUT2D eigenvalue weighted by Gasteiger charge is -2.07. The van der Waals surface area contributed by atoms with Crippen LogP contribution in [-0.4, -0.2) is 21.1 Å². The van der Waals surface area contributed by atoms with Crippen molar-refractivity contribution in [2.45, 2.75) is 6.54 Å². The first-order valence-electron chi connectivity index (χ1n) is 5.85. The minimum atomic E-state index is 0.627. The van der Waals surface area contributed by atoms with Gasteiger partial charge in [-0.3, -0.25) is 4.98 Å². The molecular weight excluding hydrogens is 226 g/mol. The lowest BCUT2D eigenvalue weighted by Crippen LogP contribution is -2.06. The fraction of sp³-hybridized carbons (Fsp3) is 0.143. The van der Waals surface area contributed by atoms with Gasteiger partial charge in [0.2, 0.25) is 0 Å². The Morgan fingerprint density at radius 1 is 1.17 bits per heavy atom. The number of hydrogen-bond acceptors (Lipinski definition) is 3. The zero-order chi connectivity index (χ0) is 12.2. The second-order valence-electron chi connectivity index (χ2n) is 4.01. The molecule has 0 atom stereocenters. The van der Waals surface area contributed by atoms with Crippen molar-refractivity contribution in [3.8, 4) is 5.75 Å². The van der Waals surface area contributed by atoms with E-state index < -0.39 is 0 Å². The van der Waals surface area contributed by atoms with Gasteiger partial charge in [0.25, 0.3) is 0 Å². The van der Waals surface area contributed by atoms with Gasteiger partial charge < -0.3 is 9.30 Å². The topological polar surface area (TPSA) is 39.9 Å². The Morgan fingerprint density at radius 3 is 3.06 bits per heavy atom. The number of ether oxygens (including phenoxy) is 1. The molecule has 2 heterocycles. The third kappa shape index (κ3) is 2.32. The molecule has 90 valence electrons. The van der Waals surface area contributed by atoms with Crippen molar-refractivity contribution in [2.75, 3.05) is 6.61 Å². The predicted molar refractivity (Wildman–Crippen MR) is 69.5 cm³/mol. The molecule has 0 aliphatic carbocycles. The maximum Gasteiger partial charge on any atom is 0.120 e. The van der Waals surface area contributed by atoms with Gasteiger partial charge in [-0.1, -0.05) is 6.07 Å². The van der Waals surface area contributed by atoms with Crippen LogP contribution < -0.4 is 4.74 Å². The number of hydrogen-bond donors (Lipinski definition) is 0. The molecule has 2 aromatic heterocycles. The summed E-state index contributed by atoms with van der Waals surface area (Å²) in [5.41, 5.74) is 0.986. The van der Waals surface area contributed by atoms with Crippen molar-refractivity contribution in [1.82, 2.24) is 14.5 Å². The number of benzene rings is 1. The van der Waals surface area contributed by atoms with Gasteiger partial charge >= 0.3 is 0 Å². The number of fused-ring (bicyclic) bond motifs is 1. The van der Waals surface area contributed by atoms with Gasteiger partial charge in [-0.25, -0.2) is 4.98 Å². The number of pyridine rings is 1. The van der Waals surface area contributed by atoms with Gasteiger partial charge in [0.1, 0.15) is 12.4 Å². The number of nitrogens with zero attached hydrogens (tertiary/aromatic N) is 3. The Labute approximate surface area is 105 Å². The largest absolute Gasteiger partial charge is 0.492 e. The number of rotatable bonds is 4. The molecule has 4 heteroatoms. The van der Waals surface area contributed by atoms with E-state index in [9.17, 15) is 0 Å². The van der Waals surface area contributed by atoms with Crippen LogP contribution in [0.1, 0.15) is 0 Å². The first kappa shape index (κ1) is 10.8. The van der Waals surface area contributed by atoms with Gasteiger partial charge in [0.05, 0.1) is 18.4 Å². The molecular formula is C14H13N3O. The molecule has 0 unspecified atom stereocenters. The summed E-state index contributed by atoms with van der Waals surface area (Å²) in [6, 6.07) is 9.89. The summed E-state index contributed by atoms with van der Waals surface area (Å²) in [4.78, 5) is 8.26. The van der Waals surface area contributed by atoms with Crippen molar-refractivity contribution in [2.24, 2.45) is 0 Å². The SMILES string of the molecule is c1cnc2ccc(OCCn3ccnc3)cc2c1. The molecule has 0 amide bonds. The Kier molecular flexibility index (Phi) is 2.92. The van der Waals surface area contributed by atoms with Crippen LogP contribution in [0.25, 0.3) is 10.9 Å². The maximum atomic E-state index is 5.71. The quantitative estimate of drug-likeness (QED) is 0.702. The van der Waals surface area contributed by atoms with Crippen molar-refractivity contribution in [3.63, 3.8) is 0 Å². The van der Waals surface area contributed by atoms with E-state index in [-0.39, 0.29) is 0 Å². The van der Waals surface area contributed by atoms with E-state index in [1.54, 1.807) is 18.7 Å². The van der Waals surface area contributed by atoms with Crippen LogP contribution in [0.15, 0.2) is 55.2 Å². The normalized spacial score (nSPS) is 10.7. The molecule has 18 heavy (non-hydrogen) atoms. The summed E-state index contributed by atoms with van der Waals surface area (Å²) in [6.07, 6.45) is 7.27. The fourth-order valence-electron chi connectivity index (χ4n) is 1.83. The number of imidazole rings is 1. The van der Waals surface area contributed by atoms with Crippen LogP contribution >= 0.6 is 0 Å². The van der Waals surface area contributed by atoms with Crippen molar-refractivity contribution < 1.29 is 4.74 Å². The van der Waals surface area contributed by atoms with Crippen molar-refractivity contribution in [3.05, 3.63) is 55.2 Å². The third-order valence-corrected chi connectivity index (χ3v) is 2.75. The summed E-state index contributed by atoms with van der Waals surface area (Å²) in [5, 5.41) is 1.10. The molecule has 0 spiro atoms. The molecule has 0 aliphatic rings. The highest BCUT2D eigenvalue weighted by molar-refractivity contribution is 5.79. The van der Waals surface area contributed by atoms with Gasteiger partial charge in [0.15, 0.2) is 0 Å². The molecule has 3 aromatic rings.